The molecule has 2 aromatic carbocycles. The zero-order valence-corrected chi connectivity index (χ0v) is 21.4. The molecule has 1 aliphatic carbocycles. The molecular weight excluding hydrogens is 532 g/mol. The quantitative estimate of drug-likeness (QED) is 0.256. The predicted octanol–water partition coefficient (Wildman–Crippen LogP) is 0.378. The SMILES string of the molecule is CO[C@H]1[C@H](O)[C@@H](O)[C@H](O[C@@H]2CC[C@@]3(C)Oc4cc5c(c(O)c4[C@@H]2O3)C(=O)c2c(O)cc(O)cc2C5=O)O[C@@H]1CO. The minimum Gasteiger partial charge on any atom is -0.508 e. The van der Waals surface area contributed by atoms with E-state index in [0.29, 0.717) is 6.42 Å². The van der Waals surface area contributed by atoms with Crippen molar-refractivity contribution in [2.45, 2.75) is 68.5 Å². The Hall–Kier alpha value is -3.30. The van der Waals surface area contributed by atoms with E-state index in [9.17, 15) is 40.2 Å². The number of carbonyl (C=O) groups excluding carboxylic acids is 2. The molecule has 0 amide bonds. The summed E-state index contributed by atoms with van der Waals surface area (Å²) < 4.78 is 29.0. The van der Waals surface area contributed by atoms with Crippen LogP contribution in [-0.4, -0.2) is 98.5 Å². The molecule has 2 bridgehead atoms. The van der Waals surface area contributed by atoms with Gasteiger partial charge in [-0.2, -0.15) is 0 Å². The van der Waals surface area contributed by atoms with Gasteiger partial charge in [-0.05, 0) is 18.6 Å². The number of aromatic hydroxyl groups is 3. The molecule has 3 heterocycles. The summed E-state index contributed by atoms with van der Waals surface area (Å²) in [6, 6.07) is 3.30. The molecule has 13 nitrogen and oxygen atoms in total. The Kier molecular flexibility index (Phi) is 6.31. The van der Waals surface area contributed by atoms with Crippen molar-refractivity contribution in [1.82, 2.24) is 0 Å². The smallest absolute Gasteiger partial charge is 0.208 e. The number of aliphatic hydroxyl groups is 3. The standard InChI is InChI=1S/C27H28O13/c1-27-4-3-13(37-26-23(35)22(34)25(36-2)15(8-28)38-26)24(40-27)18-14(39-27)7-11-17(21(18)33)20(32)16-10(19(11)31)5-9(29)6-12(16)30/h5-7,13,15,22-26,28-30,33-35H,3-4,8H2,1-2H3/t13-,15-,22-,23-,24-,25-,26-,27+/m1/s1. The molecule has 0 aromatic heterocycles. The molecule has 0 saturated carbocycles. The number of fused-ring (bicyclic) bond motifs is 6. The second-order valence-corrected chi connectivity index (χ2v) is 10.5. The van der Waals surface area contributed by atoms with Crippen LogP contribution in [0, 0.1) is 0 Å². The first-order valence-electron chi connectivity index (χ1n) is 12.7. The molecule has 40 heavy (non-hydrogen) atoms. The molecule has 0 unspecified atom stereocenters. The van der Waals surface area contributed by atoms with Crippen LogP contribution in [0.4, 0.5) is 0 Å². The van der Waals surface area contributed by atoms with E-state index in [1.807, 2.05) is 0 Å². The first kappa shape index (κ1) is 26.9. The highest BCUT2D eigenvalue weighted by molar-refractivity contribution is 6.30. The monoisotopic (exact) mass is 560 g/mol. The highest BCUT2D eigenvalue weighted by atomic mass is 16.7. The summed E-state index contributed by atoms with van der Waals surface area (Å²) >= 11 is 0. The lowest BCUT2D eigenvalue weighted by Crippen LogP contribution is -2.61. The summed E-state index contributed by atoms with van der Waals surface area (Å²) in [4.78, 5) is 26.8. The highest BCUT2D eigenvalue weighted by Gasteiger charge is 2.53. The lowest BCUT2D eigenvalue weighted by molar-refractivity contribution is -0.344. The summed E-state index contributed by atoms with van der Waals surface area (Å²) in [5.41, 5.74) is -1.11. The topological polar surface area (TPSA) is 202 Å². The van der Waals surface area contributed by atoms with E-state index in [-0.39, 0.29) is 40.0 Å². The highest BCUT2D eigenvalue weighted by Crippen LogP contribution is 2.54. The van der Waals surface area contributed by atoms with E-state index in [4.69, 9.17) is 23.7 Å². The van der Waals surface area contributed by atoms with Crippen molar-refractivity contribution in [2.75, 3.05) is 13.7 Å². The van der Waals surface area contributed by atoms with Gasteiger partial charge in [0.2, 0.25) is 11.6 Å². The summed E-state index contributed by atoms with van der Waals surface area (Å²) in [6.07, 6.45) is -7.77. The molecule has 8 atom stereocenters. The van der Waals surface area contributed by atoms with Crippen LogP contribution in [0.2, 0.25) is 0 Å². The fraction of sp³-hybridized carbons (Fsp3) is 0.481. The second kappa shape index (κ2) is 9.38. The van der Waals surface area contributed by atoms with Crippen molar-refractivity contribution in [3.8, 4) is 23.0 Å². The summed E-state index contributed by atoms with van der Waals surface area (Å²) in [5.74, 6) is -4.30. The number of phenols is 3. The van der Waals surface area contributed by atoms with E-state index in [2.05, 4.69) is 0 Å². The molecule has 6 N–H and O–H groups in total. The maximum absolute atomic E-state index is 13.5. The number of rotatable bonds is 4. The Bertz CT molecular complexity index is 1400. The summed E-state index contributed by atoms with van der Waals surface area (Å²) in [6.45, 7) is 1.14. The largest absolute Gasteiger partial charge is 0.508 e. The van der Waals surface area contributed by atoms with Crippen LogP contribution < -0.4 is 4.74 Å². The molecule has 6 rings (SSSR count). The average molecular weight is 561 g/mol. The molecule has 0 radical (unpaired) electrons. The normalized spacial score (nSPS) is 34.5. The molecular formula is C27H28O13. The van der Waals surface area contributed by atoms with Crippen LogP contribution in [0.15, 0.2) is 18.2 Å². The molecule has 2 saturated heterocycles. The lowest BCUT2D eigenvalue weighted by atomic mass is 9.80. The van der Waals surface area contributed by atoms with Crippen molar-refractivity contribution in [3.05, 3.63) is 46.0 Å². The number of hydrogen-bond donors (Lipinski definition) is 6. The van der Waals surface area contributed by atoms with Crippen LogP contribution in [-0.2, 0) is 18.9 Å². The fourth-order valence-corrected chi connectivity index (χ4v) is 6.01. The number of phenolic OH excluding ortho intramolecular Hbond substituents is 3. The molecule has 2 aromatic rings. The predicted molar refractivity (Wildman–Crippen MR) is 130 cm³/mol. The first-order valence-corrected chi connectivity index (χ1v) is 12.7. The van der Waals surface area contributed by atoms with Gasteiger partial charge < -0.3 is 54.3 Å². The van der Waals surface area contributed by atoms with Crippen molar-refractivity contribution in [3.63, 3.8) is 0 Å². The van der Waals surface area contributed by atoms with Gasteiger partial charge in [-0.1, -0.05) is 0 Å². The number of methoxy groups -OCH3 is 1. The van der Waals surface area contributed by atoms with Crippen molar-refractivity contribution in [1.29, 1.82) is 0 Å². The number of ether oxygens (including phenoxy) is 5. The van der Waals surface area contributed by atoms with E-state index in [1.54, 1.807) is 6.92 Å². The zero-order valence-electron chi connectivity index (χ0n) is 21.4. The van der Waals surface area contributed by atoms with Gasteiger partial charge in [-0.25, -0.2) is 0 Å². The van der Waals surface area contributed by atoms with Gasteiger partial charge in [0.05, 0.1) is 29.4 Å². The van der Waals surface area contributed by atoms with Gasteiger partial charge in [0.1, 0.15) is 53.5 Å². The molecule has 3 aliphatic heterocycles. The van der Waals surface area contributed by atoms with Crippen molar-refractivity contribution >= 4 is 11.6 Å². The minimum atomic E-state index is -1.55. The summed E-state index contributed by atoms with van der Waals surface area (Å²) in [5, 5.41) is 62.5. The fourth-order valence-electron chi connectivity index (χ4n) is 6.01. The zero-order chi connectivity index (χ0) is 28.7. The number of carbonyl (C=O) groups is 2. The summed E-state index contributed by atoms with van der Waals surface area (Å²) in [7, 11) is 1.30. The van der Waals surface area contributed by atoms with E-state index >= 15 is 0 Å². The Balaban J connectivity index is 1.40. The Morgan fingerprint density at radius 3 is 2.45 bits per heavy atom. The third-order valence-corrected chi connectivity index (χ3v) is 7.96. The lowest BCUT2D eigenvalue weighted by Gasteiger charge is -2.49. The van der Waals surface area contributed by atoms with Gasteiger partial charge >= 0.3 is 0 Å². The van der Waals surface area contributed by atoms with E-state index in [0.717, 1.165) is 12.1 Å². The van der Waals surface area contributed by atoms with Crippen LogP contribution in [0.25, 0.3) is 0 Å². The van der Waals surface area contributed by atoms with E-state index in [1.165, 1.54) is 13.2 Å². The van der Waals surface area contributed by atoms with Crippen molar-refractivity contribution in [2.24, 2.45) is 0 Å². The number of aliphatic hydroxyl groups excluding tert-OH is 3. The number of hydrogen-bond acceptors (Lipinski definition) is 13. The Labute approximate surface area is 227 Å². The minimum absolute atomic E-state index is 0.0168. The van der Waals surface area contributed by atoms with Gasteiger partial charge in [0.25, 0.3) is 0 Å². The van der Waals surface area contributed by atoms with E-state index < -0.39 is 84.1 Å². The molecule has 2 fully saturated rings. The molecule has 214 valence electrons. The molecule has 13 heteroatoms. The van der Waals surface area contributed by atoms with Gasteiger partial charge in [-0.15, -0.1) is 0 Å². The maximum Gasteiger partial charge on any atom is 0.208 e. The third kappa shape index (κ3) is 3.89. The maximum atomic E-state index is 13.5. The van der Waals surface area contributed by atoms with Crippen LogP contribution >= 0.6 is 0 Å². The van der Waals surface area contributed by atoms with Crippen molar-refractivity contribution < 1.29 is 63.9 Å². The van der Waals surface area contributed by atoms with Crippen LogP contribution in [0.5, 0.6) is 23.0 Å². The van der Waals surface area contributed by atoms with Gasteiger partial charge in [0, 0.05) is 37.6 Å². The third-order valence-electron chi connectivity index (χ3n) is 7.96. The molecule has 4 aliphatic rings. The second-order valence-electron chi connectivity index (χ2n) is 10.5. The first-order chi connectivity index (χ1) is 19.0. The Morgan fingerprint density at radius 1 is 1.02 bits per heavy atom. The van der Waals surface area contributed by atoms with Crippen LogP contribution in [0.3, 0.4) is 0 Å². The number of benzene rings is 2. The molecule has 0 spiro atoms. The van der Waals surface area contributed by atoms with Gasteiger partial charge in [0.15, 0.2) is 12.1 Å². The van der Waals surface area contributed by atoms with Gasteiger partial charge in [-0.3, -0.25) is 9.59 Å². The number of ketones is 2. The average Bonchev–Trinajstić information content (AvgIpc) is 2.90. The van der Waals surface area contributed by atoms with Crippen LogP contribution in [0.1, 0.15) is 63.3 Å². The Morgan fingerprint density at radius 2 is 1.75 bits per heavy atom.